The summed E-state index contributed by atoms with van der Waals surface area (Å²) < 4.78 is 1.08. The fourth-order valence-electron chi connectivity index (χ4n) is 1.29. The van der Waals surface area contributed by atoms with Crippen LogP contribution in [-0.4, -0.2) is 18.2 Å². The molecule has 0 spiro atoms. The highest BCUT2D eigenvalue weighted by Gasteiger charge is 2.05. The quantitative estimate of drug-likeness (QED) is 0.866. The Morgan fingerprint density at radius 2 is 2.21 bits per heavy atom. The Kier molecular flexibility index (Phi) is 4.58. The molecular weight excluding hydrogens is 242 g/mol. The van der Waals surface area contributed by atoms with Gasteiger partial charge in [-0.15, -0.1) is 0 Å². The van der Waals surface area contributed by atoms with Crippen molar-refractivity contribution in [2.75, 3.05) is 7.05 Å². The molecule has 0 radical (unpaired) electrons. The molecular formula is C11H16BrNO. The first-order valence-corrected chi connectivity index (χ1v) is 5.52. The topological polar surface area (TPSA) is 32.3 Å². The molecule has 2 nitrogen and oxygen atoms in total. The average Bonchev–Trinajstić information content (AvgIpc) is 2.20. The molecule has 1 atom stereocenters. The molecule has 0 aliphatic carbocycles. The summed E-state index contributed by atoms with van der Waals surface area (Å²) in [4.78, 5) is 0. The number of likely N-dealkylation sites (N-methyl/N-ethyl adjacent to an activating group) is 1. The Morgan fingerprint density at radius 1 is 1.50 bits per heavy atom. The molecule has 14 heavy (non-hydrogen) atoms. The maximum Gasteiger partial charge on any atom is 0.0682 e. The van der Waals surface area contributed by atoms with Crippen LogP contribution in [0.4, 0.5) is 0 Å². The van der Waals surface area contributed by atoms with Crippen molar-refractivity contribution in [3.05, 3.63) is 33.8 Å². The second-order valence-corrected chi connectivity index (χ2v) is 4.33. The van der Waals surface area contributed by atoms with Crippen molar-refractivity contribution in [3.63, 3.8) is 0 Å². The van der Waals surface area contributed by atoms with Gasteiger partial charge in [0, 0.05) is 10.5 Å². The first-order chi connectivity index (χ1) is 6.67. The Balaban J connectivity index is 2.78. The molecule has 0 heterocycles. The Hall–Kier alpha value is -0.380. The first kappa shape index (κ1) is 11.7. The number of rotatable bonds is 4. The summed E-state index contributed by atoms with van der Waals surface area (Å²) in [5.74, 6) is 0. The average molecular weight is 258 g/mol. The van der Waals surface area contributed by atoms with Crippen LogP contribution < -0.4 is 5.32 Å². The van der Waals surface area contributed by atoms with Crippen LogP contribution in [0.1, 0.15) is 18.1 Å². The molecule has 0 bridgehead atoms. The molecule has 78 valence electrons. The number of hydrogen-bond acceptors (Lipinski definition) is 2. The smallest absolute Gasteiger partial charge is 0.0682 e. The van der Waals surface area contributed by atoms with E-state index in [-0.39, 0.29) is 6.61 Å². The molecule has 1 aromatic carbocycles. The molecule has 3 heteroatoms. The molecule has 0 aliphatic rings. The normalized spacial score (nSPS) is 12.9. The molecule has 0 amide bonds. The van der Waals surface area contributed by atoms with Crippen molar-refractivity contribution in [1.82, 2.24) is 5.32 Å². The van der Waals surface area contributed by atoms with E-state index in [4.69, 9.17) is 5.11 Å². The summed E-state index contributed by atoms with van der Waals surface area (Å²) in [5, 5.41) is 12.1. The highest BCUT2D eigenvalue weighted by Crippen LogP contribution is 2.20. The predicted molar refractivity (Wildman–Crippen MR) is 62.3 cm³/mol. The van der Waals surface area contributed by atoms with Crippen molar-refractivity contribution in [2.24, 2.45) is 0 Å². The van der Waals surface area contributed by atoms with E-state index in [2.05, 4.69) is 34.2 Å². The lowest BCUT2D eigenvalue weighted by atomic mass is 10.1. The minimum absolute atomic E-state index is 0.0977. The van der Waals surface area contributed by atoms with Crippen LogP contribution >= 0.6 is 15.9 Å². The predicted octanol–water partition coefficient (Wildman–Crippen LogP) is 2.09. The largest absolute Gasteiger partial charge is 0.392 e. The zero-order valence-electron chi connectivity index (χ0n) is 8.55. The van der Waals surface area contributed by atoms with E-state index in [9.17, 15) is 0 Å². The monoisotopic (exact) mass is 257 g/mol. The van der Waals surface area contributed by atoms with Crippen molar-refractivity contribution >= 4 is 15.9 Å². The SMILES string of the molecule is CNC(C)Cc1ccc(CO)cc1Br. The van der Waals surface area contributed by atoms with Crippen LogP contribution in [0.15, 0.2) is 22.7 Å². The number of benzene rings is 1. The van der Waals surface area contributed by atoms with E-state index < -0.39 is 0 Å². The Bertz CT molecular complexity index is 301. The lowest BCUT2D eigenvalue weighted by Crippen LogP contribution is -2.23. The van der Waals surface area contributed by atoms with Gasteiger partial charge in [-0.3, -0.25) is 0 Å². The third kappa shape index (κ3) is 3.08. The molecule has 0 aliphatic heterocycles. The molecule has 0 saturated heterocycles. The maximum absolute atomic E-state index is 8.95. The zero-order chi connectivity index (χ0) is 10.6. The van der Waals surface area contributed by atoms with E-state index in [1.54, 1.807) is 0 Å². The van der Waals surface area contributed by atoms with E-state index in [1.165, 1.54) is 5.56 Å². The highest BCUT2D eigenvalue weighted by molar-refractivity contribution is 9.10. The molecule has 1 unspecified atom stereocenters. The van der Waals surface area contributed by atoms with E-state index in [0.29, 0.717) is 6.04 Å². The van der Waals surface area contributed by atoms with Gasteiger partial charge in [0.05, 0.1) is 6.61 Å². The van der Waals surface area contributed by atoms with Crippen LogP contribution in [0.5, 0.6) is 0 Å². The lowest BCUT2D eigenvalue weighted by molar-refractivity contribution is 0.281. The maximum atomic E-state index is 8.95. The first-order valence-electron chi connectivity index (χ1n) is 4.72. The van der Waals surface area contributed by atoms with E-state index in [0.717, 1.165) is 16.5 Å². The van der Waals surface area contributed by atoms with Gasteiger partial charge in [0.1, 0.15) is 0 Å². The summed E-state index contributed by atoms with van der Waals surface area (Å²) in [5.41, 5.74) is 2.21. The minimum atomic E-state index is 0.0977. The third-order valence-electron chi connectivity index (χ3n) is 2.32. The van der Waals surface area contributed by atoms with Crippen molar-refractivity contribution in [2.45, 2.75) is 26.0 Å². The van der Waals surface area contributed by atoms with Gasteiger partial charge in [0.15, 0.2) is 0 Å². The summed E-state index contributed by atoms with van der Waals surface area (Å²) in [6.07, 6.45) is 0.989. The fourth-order valence-corrected chi connectivity index (χ4v) is 1.87. The third-order valence-corrected chi connectivity index (χ3v) is 3.06. The number of hydrogen-bond donors (Lipinski definition) is 2. The number of aliphatic hydroxyl groups is 1. The fraction of sp³-hybridized carbons (Fsp3) is 0.455. The molecule has 0 saturated carbocycles. The molecule has 0 aromatic heterocycles. The van der Waals surface area contributed by atoms with Crippen LogP contribution in [-0.2, 0) is 13.0 Å². The molecule has 2 N–H and O–H groups in total. The second kappa shape index (κ2) is 5.49. The molecule has 1 rings (SSSR count). The van der Waals surface area contributed by atoms with Crippen LogP contribution in [0.2, 0.25) is 0 Å². The van der Waals surface area contributed by atoms with E-state index in [1.807, 2.05) is 19.2 Å². The van der Waals surface area contributed by atoms with E-state index >= 15 is 0 Å². The minimum Gasteiger partial charge on any atom is -0.392 e. The van der Waals surface area contributed by atoms with Gasteiger partial charge >= 0.3 is 0 Å². The molecule has 1 aromatic rings. The van der Waals surface area contributed by atoms with Crippen molar-refractivity contribution < 1.29 is 5.11 Å². The van der Waals surface area contributed by atoms with Crippen LogP contribution in [0.25, 0.3) is 0 Å². The summed E-state index contributed by atoms with van der Waals surface area (Å²) in [6.45, 7) is 2.24. The zero-order valence-corrected chi connectivity index (χ0v) is 10.1. The summed E-state index contributed by atoms with van der Waals surface area (Å²) in [6, 6.07) is 6.45. The van der Waals surface area contributed by atoms with Crippen molar-refractivity contribution in [1.29, 1.82) is 0 Å². The van der Waals surface area contributed by atoms with Gasteiger partial charge < -0.3 is 10.4 Å². The summed E-state index contributed by atoms with van der Waals surface area (Å²) in [7, 11) is 1.96. The van der Waals surface area contributed by atoms with Gasteiger partial charge in [-0.2, -0.15) is 0 Å². The number of halogens is 1. The lowest BCUT2D eigenvalue weighted by Gasteiger charge is -2.12. The van der Waals surface area contributed by atoms with Gasteiger partial charge in [-0.05, 0) is 37.6 Å². The number of aliphatic hydroxyl groups excluding tert-OH is 1. The van der Waals surface area contributed by atoms with Crippen LogP contribution in [0.3, 0.4) is 0 Å². The Labute approximate surface area is 93.5 Å². The van der Waals surface area contributed by atoms with Crippen LogP contribution in [0, 0.1) is 0 Å². The van der Waals surface area contributed by atoms with Gasteiger partial charge in [0.25, 0.3) is 0 Å². The van der Waals surface area contributed by atoms with Gasteiger partial charge in [-0.1, -0.05) is 28.1 Å². The standard InChI is InChI=1S/C11H16BrNO/c1-8(13-2)5-10-4-3-9(7-14)6-11(10)12/h3-4,6,8,13-14H,5,7H2,1-2H3. The molecule has 0 fully saturated rings. The Morgan fingerprint density at radius 3 is 2.71 bits per heavy atom. The van der Waals surface area contributed by atoms with Gasteiger partial charge in [-0.25, -0.2) is 0 Å². The van der Waals surface area contributed by atoms with Crippen molar-refractivity contribution in [3.8, 4) is 0 Å². The second-order valence-electron chi connectivity index (χ2n) is 3.48. The highest BCUT2D eigenvalue weighted by atomic mass is 79.9. The summed E-state index contributed by atoms with van der Waals surface area (Å²) >= 11 is 3.51. The number of nitrogens with one attached hydrogen (secondary N) is 1. The van der Waals surface area contributed by atoms with Gasteiger partial charge in [0.2, 0.25) is 0 Å².